The number of aryl methyl sites for hydroxylation is 2. The first-order valence-corrected chi connectivity index (χ1v) is 8.33. The van der Waals surface area contributed by atoms with Crippen LogP contribution in [-0.2, 0) is 6.42 Å². The SMILES string of the molecule is Cc1ccccc1C1=CCC(CCc2cnc3ccccc3n2)=N1. The summed E-state index contributed by atoms with van der Waals surface area (Å²) in [6, 6.07) is 16.4. The summed E-state index contributed by atoms with van der Waals surface area (Å²) >= 11 is 0. The molecule has 3 heteroatoms. The van der Waals surface area contributed by atoms with E-state index in [0.29, 0.717) is 0 Å². The molecule has 2 aromatic carbocycles. The van der Waals surface area contributed by atoms with Gasteiger partial charge in [0.15, 0.2) is 0 Å². The molecule has 24 heavy (non-hydrogen) atoms. The molecule has 0 saturated heterocycles. The first-order valence-electron chi connectivity index (χ1n) is 8.33. The highest BCUT2D eigenvalue weighted by atomic mass is 14.8. The van der Waals surface area contributed by atoms with E-state index in [0.717, 1.165) is 41.7 Å². The van der Waals surface area contributed by atoms with E-state index in [1.165, 1.54) is 16.8 Å². The maximum absolute atomic E-state index is 4.83. The minimum atomic E-state index is 0.881. The largest absolute Gasteiger partial charge is 0.257 e. The summed E-state index contributed by atoms with van der Waals surface area (Å²) in [6.45, 7) is 2.13. The summed E-state index contributed by atoms with van der Waals surface area (Å²) in [4.78, 5) is 14.0. The smallest absolute Gasteiger partial charge is 0.0890 e. The molecule has 1 aliphatic heterocycles. The van der Waals surface area contributed by atoms with Crippen molar-refractivity contribution in [3.05, 3.63) is 77.6 Å². The maximum Gasteiger partial charge on any atom is 0.0890 e. The Hall–Kier alpha value is -2.81. The first-order chi connectivity index (χ1) is 11.8. The van der Waals surface area contributed by atoms with Crippen LogP contribution in [0.2, 0.25) is 0 Å². The molecule has 1 aliphatic rings. The van der Waals surface area contributed by atoms with Crippen LogP contribution in [0.3, 0.4) is 0 Å². The van der Waals surface area contributed by atoms with Gasteiger partial charge < -0.3 is 0 Å². The van der Waals surface area contributed by atoms with E-state index in [4.69, 9.17) is 9.98 Å². The fourth-order valence-corrected chi connectivity index (χ4v) is 3.05. The van der Waals surface area contributed by atoms with Crippen molar-refractivity contribution < 1.29 is 0 Å². The summed E-state index contributed by atoms with van der Waals surface area (Å²) in [5.74, 6) is 0. The van der Waals surface area contributed by atoms with Gasteiger partial charge in [-0.2, -0.15) is 0 Å². The van der Waals surface area contributed by atoms with Crippen molar-refractivity contribution in [2.45, 2.75) is 26.2 Å². The molecule has 0 amide bonds. The van der Waals surface area contributed by atoms with Gasteiger partial charge in [-0.1, -0.05) is 42.5 Å². The van der Waals surface area contributed by atoms with Crippen LogP contribution in [0.5, 0.6) is 0 Å². The van der Waals surface area contributed by atoms with Gasteiger partial charge in [0.2, 0.25) is 0 Å². The molecule has 3 nitrogen and oxygen atoms in total. The first kappa shape index (κ1) is 14.8. The normalized spacial score (nSPS) is 13.9. The monoisotopic (exact) mass is 313 g/mol. The zero-order valence-corrected chi connectivity index (χ0v) is 13.7. The number of nitrogens with zero attached hydrogens (tertiary/aromatic N) is 3. The number of para-hydroxylation sites is 2. The number of rotatable bonds is 4. The van der Waals surface area contributed by atoms with Crippen molar-refractivity contribution in [3.63, 3.8) is 0 Å². The second kappa shape index (κ2) is 6.36. The van der Waals surface area contributed by atoms with Gasteiger partial charge in [-0.25, -0.2) is 4.98 Å². The van der Waals surface area contributed by atoms with Crippen LogP contribution < -0.4 is 0 Å². The van der Waals surface area contributed by atoms with Crippen LogP contribution in [0.4, 0.5) is 0 Å². The van der Waals surface area contributed by atoms with Gasteiger partial charge in [0.05, 0.1) is 22.4 Å². The molecule has 2 heterocycles. The highest BCUT2D eigenvalue weighted by Crippen LogP contribution is 2.26. The molecule has 0 bridgehead atoms. The number of hydrogen-bond donors (Lipinski definition) is 0. The van der Waals surface area contributed by atoms with Gasteiger partial charge in [-0.05, 0) is 37.5 Å². The number of hydrogen-bond acceptors (Lipinski definition) is 3. The summed E-state index contributed by atoms with van der Waals surface area (Å²) in [5, 5.41) is 0. The van der Waals surface area contributed by atoms with Crippen molar-refractivity contribution in [2.24, 2.45) is 4.99 Å². The minimum Gasteiger partial charge on any atom is -0.257 e. The van der Waals surface area contributed by atoms with Crippen molar-refractivity contribution in [1.29, 1.82) is 0 Å². The van der Waals surface area contributed by atoms with Crippen LogP contribution in [0.15, 0.2) is 65.8 Å². The highest BCUT2D eigenvalue weighted by Gasteiger charge is 2.12. The van der Waals surface area contributed by atoms with Gasteiger partial charge in [-0.15, -0.1) is 0 Å². The van der Waals surface area contributed by atoms with Gasteiger partial charge in [0, 0.05) is 23.9 Å². The lowest BCUT2D eigenvalue weighted by molar-refractivity contribution is 0.961. The quantitative estimate of drug-likeness (QED) is 0.696. The zero-order chi connectivity index (χ0) is 16.4. The molecule has 118 valence electrons. The van der Waals surface area contributed by atoms with Crippen molar-refractivity contribution in [3.8, 4) is 0 Å². The molecule has 1 aromatic heterocycles. The van der Waals surface area contributed by atoms with Gasteiger partial charge in [0.25, 0.3) is 0 Å². The molecule has 0 radical (unpaired) electrons. The molecular formula is C21H19N3. The van der Waals surface area contributed by atoms with E-state index in [1.807, 2.05) is 30.5 Å². The number of aromatic nitrogens is 2. The third kappa shape index (κ3) is 2.98. The van der Waals surface area contributed by atoms with E-state index >= 15 is 0 Å². The average molecular weight is 313 g/mol. The van der Waals surface area contributed by atoms with E-state index in [1.54, 1.807) is 0 Å². The Labute approximate surface area is 141 Å². The molecule has 0 N–H and O–H groups in total. The van der Waals surface area contributed by atoms with E-state index in [2.05, 4.69) is 42.2 Å². The van der Waals surface area contributed by atoms with Gasteiger partial charge in [0.1, 0.15) is 0 Å². The van der Waals surface area contributed by atoms with E-state index in [9.17, 15) is 0 Å². The Balaban J connectivity index is 1.46. The van der Waals surface area contributed by atoms with Crippen LogP contribution >= 0.6 is 0 Å². The lowest BCUT2D eigenvalue weighted by atomic mass is 10.1. The number of benzene rings is 2. The molecule has 3 aromatic rings. The molecule has 0 fully saturated rings. The van der Waals surface area contributed by atoms with Crippen molar-refractivity contribution >= 4 is 22.4 Å². The third-order valence-corrected chi connectivity index (χ3v) is 4.40. The highest BCUT2D eigenvalue weighted by molar-refractivity contribution is 5.96. The van der Waals surface area contributed by atoms with Crippen molar-refractivity contribution in [1.82, 2.24) is 9.97 Å². The fourth-order valence-electron chi connectivity index (χ4n) is 3.05. The van der Waals surface area contributed by atoms with Crippen LogP contribution in [0.1, 0.15) is 29.7 Å². The Morgan fingerprint density at radius 2 is 1.71 bits per heavy atom. The average Bonchev–Trinajstić information content (AvgIpc) is 3.09. The molecule has 0 unspecified atom stereocenters. The molecule has 4 rings (SSSR count). The van der Waals surface area contributed by atoms with Crippen molar-refractivity contribution in [2.75, 3.05) is 0 Å². The predicted octanol–water partition coefficient (Wildman–Crippen LogP) is 4.76. The zero-order valence-electron chi connectivity index (χ0n) is 13.7. The number of allylic oxidation sites excluding steroid dienone is 1. The number of fused-ring (bicyclic) bond motifs is 1. The van der Waals surface area contributed by atoms with E-state index < -0.39 is 0 Å². The lowest BCUT2D eigenvalue weighted by Gasteiger charge is -2.04. The topological polar surface area (TPSA) is 38.1 Å². The Morgan fingerprint density at radius 3 is 2.58 bits per heavy atom. The second-order valence-corrected chi connectivity index (χ2v) is 6.14. The van der Waals surface area contributed by atoms with Crippen LogP contribution in [-0.4, -0.2) is 15.7 Å². The summed E-state index contributed by atoms with van der Waals surface area (Å²) in [6.07, 6.45) is 6.85. The Kier molecular flexibility index (Phi) is 3.91. The number of aliphatic imine (C=N–C) groups is 1. The molecule has 0 spiro atoms. The maximum atomic E-state index is 4.83. The fraction of sp³-hybridized carbons (Fsp3) is 0.190. The van der Waals surface area contributed by atoms with Gasteiger partial charge in [-0.3, -0.25) is 9.98 Å². The minimum absolute atomic E-state index is 0.881. The predicted molar refractivity (Wildman–Crippen MR) is 99.1 cm³/mol. The van der Waals surface area contributed by atoms with Crippen LogP contribution in [0, 0.1) is 6.92 Å². The lowest BCUT2D eigenvalue weighted by Crippen LogP contribution is -1.99. The van der Waals surface area contributed by atoms with Crippen LogP contribution in [0.25, 0.3) is 16.7 Å². The Morgan fingerprint density at radius 1 is 0.917 bits per heavy atom. The summed E-state index contributed by atoms with van der Waals surface area (Å²) in [5.41, 5.74) is 7.77. The summed E-state index contributed by atoms with van der Waals surface area (Å²) in [7, 11) is 0. The molecule has 0 saturated carbocycles. The molecular weight excluding hydrogens is 294 g/mol. The molecule has 0 atom stereocenters. The molecule has 0 aliphatic carbocycles. The second-order valence-electron chi connectivity index (χ2n) is 6.14. The summed E-state index contributed by atoms with van der Waals surface area (Å²) < 4.78 is 0. The van der Waals surface area contributed by atoms with E-state index in [-0.39, 0.29) is 0 Å². The Bertz CT molecular complexity index is 954. The van der Waals surface area contributed by atoms with Gasteiger partial charge >= 0.3 is 0 Å². The standard InChI is InChI=1S/C21H19N3/c1-15-6-2-3-7-18(15)19-13-12-16(23-19)10-11-17-14-22-20-8-4-5-9-21(20)24-17/h2-9,13-14H,10-12H2,1H3. The third-order valence-electron chi connectivity index (χ3n) is 4.40.